The molecule has 0 fully saturated rings. The number of hydrogen-bond donors (Lipinski definition) is 0. The molecular formula is C24H32Cl2N4O3S2. The molecule has 1 heterocycles. The number of likely N-dealkylation sites (N-methyl/N-ethyl adjacent to an activating group) is 1. The van der Waals surface area contributed by atoms with Crippen LogP contribution in [0.15, 0.2) is 47.4 Å². The third-order valence-corrected chi connectivity index (χ3v) is 8.55. The first-order valence-electron chi connectivity index (χ1n) is 11.3. The Hall–Kier alpha value is -1.75. The van der Waals surface area contributed by atoms with Gasteiger partial charge in [-0.3, -0.25) is 9.69 Å². The summed E-state index contributed by atoms with van der Waals surface area (Å²) in [6.07, 6.45) is 1.48. The van der Waals surface area contributed by atoms with E-state index < -0.39 is 10.0 Å². The van der Waals surface area contributed by atoms with Gasteiger partial charge in [0, 0.05) is 31.7 Å². The number of benzene rings is 2. The minimum absolute atomic E-state index is 0. The van der Waals surface area contributed by atoms with E-state index in [1.54, 1.807) is 23.1 Å². The number of carbonyl (C=O) groups is 1. The Morgan fingerprint density at radius 2 is 1.60 bits per heavy atom. The Morgan fingerprint density at radius 3 is 2.14 bits per heavy atom. The molecule has 11 heteroatoms. The summed E-state index contributed by atoms with van der Waals surface area (Å²) in [6.45, 7) is 5.93. The third-order valence-electron chi connectivity index (χ3n) is 5.29. The van der Waals surface area contributed by atoms with Crippen LogP contribution < -0.4 is 4.90 Å². The van der Waals surface area contributed by atoms with Gasteiger partial charge in [-0.1, -0.05) is 42.9 Å². The molecule has 192 valence electrons. The number of thiazole rings is 1. The van der Waals surface area contributed by atoms with Gasteiger partial charge in [0.25, 0.3) is 5.91 Å². The van der Waals surface area contributed by atoms with E-state index in [4.69, 9.17) is 11.6 Å². The number of aromatic nitrogens is 1. The fraction of sp³-hybridized carbons (Fsp3) is 0.417. The quantitative estimate of drug-likeness (QED) is 0.315. The second kappa shape index (κ2) is 13.0. The van der Waals surface area contributed by atoms with Gasteiger partial charge in [0.1, 0.15) is 5.52 Å². The number of hydrogen-bond acceptors (Lipinski definition) is 6. The van der Waals surface area contributed by atoms with Crippen LogP contribution in [0.2, 0.25) is 5.02 Å². The van der Waals surface area contributed by atoms with Crippen molar-refractivity contribution in [3.8, 4) is 0 Å². The van der Waals surface area contributed by atoms with Crippen LogP contribution in [-0.2, 0) is 10.0 Å². The number of halogens is 2. The van der Waals surface area contributed by atoms with Crippen LogP contribution >= 0.6 is 35.3 Å². The summed E-state index contributed by atoms with van der Waals surface area (Å²) in [5.41, 5.74) is 1.07. The first-order chi connectivity index (χ1) is 16.2. The van der Waals surface area contributed by atoms with Gasteiger partial charge in [0.15, 0.2) is 5.13 Å². The number of amides is 1. The summed E-state index contributed by atoms with van der Waals surface area (Å²) in [5, 5.41) is 1.10. The average Bonchev–Trinajstić information content (AvgIpc) is 3.24. The largest absolute Gasteiger partial charge is 0.308 e. The Morgan fingerprint density at radius 1 is 0.971 bits per heavy atom. The van der Waals surface area contributed by atoms with E-state index in [0.717, 1.165) is 17.5 Å². The van der Waals surface area contributed by atoms with Crippen LogP contribution in [0.4, 0.5) is 5.13 Å². The molecule has 0 aliphatic rings. The average molecular weight is 560 g/mol. The molecule has 0 saturated carbocycles. The molecule has 3 aromatic rings. The molecule has 0 aliphatic carbocycles. The molecule has 0 bridgehead atoms. The monoisotopic (exact) mass is 558 g/mol. The zero-order valence-corrected chi connectivity index (χ0v) is 23.6. The van der Waals surface area contributed by atoms with Crippen LogP contribution in [-0.4, -0.2) is 68.8 Å². The number of sulfonamides is 1. The van der Waals surface area contributed by atoms with E-state index in [2.05, 4.69) is 4.98 Å². The minimum atomic E-state index is -3.61. The van der Waals surface area contributed by atoms with Crippen molar-refractivity contribution in [1.29, 1.82) is 0 Å². The van der Waals surface area contributed by atoms with Crippen LogP contribution in [0.25, 0.3) is 10.2 Å². The number of para-hydroxylation sites is 1. The van der Waals surface area contributed by atoms with Gasteiger partial charge in [0.05, 0.1) is 14.6 Å². The molecule has 35 heavy (non-hydrogen) atoms. The van der Waals surface area contributed by atoms with E-state index in [0.29, 0.717) is 47.4 Å². The smallest absolute Gasteiger partial charge is 0.260 e. The van der Waals surface area contributed by atoms with Gasteiger partial charge in [0.2, 0.25) is 10.0 Å². The molecule has 0 saturated heterocycles. The van der Waals surface area contributed by atoms with Crippen molar-refractivity contribution in [3.05, 3.63) is 53.1 Å². The van der Waals surface area contributed by atoms with Crippen LogP contribution in [0, 0.1) is 0 Å². The van der Waals surface area contributed by atoms with Crippen LogP contribution in [0.3, 0.4) is 0 Å². The van der Waals surface area contributed by atoms with Gasteiger partial charge in [-0.25, -0.2) is 13.4 Å². The highest BCUT2D eigenvalue weighted by Crippen LogP contribution is 2.33. The van der Waals surface area contributed by atoms with E-state index in [-0.39, 0.29) is 23.2 Å². The summed E-state index contributed by atoms with van der Waals surface area (Å²) >= 11 is 7.71. The summed E-state index contributed by atoms with van der Waals surface area (Å²) in [6, 6.07) is 11.7. The fourth-order valence-electron chi connectivity index (χ4n) is 3.53. The van der Waals surface area contributed by atoms with Crippen molar-refractivity contribution < 1.29 is 13.2 Å². The number of carbonyl (C=O) groups excluding carboxylic acids is 1. The Bertz CT molecular complexity index is 1230. The van der Waals surface area contributed by atoms with E-state index in [1.807, 2.05) is 45.0 Å². The lowest BCUT2D eigenvalue weighted by Gasteiger charge is -2.23. The highest BCUT2D eigenvalue weighted by Gasteiger charge is 2.25. The fourth-order valence-corrected chi connectivity index (χ4v) is 6.44. The molecule has 3 rings (SSSR count). The normalized spacial score (nSPS) is 11.7. The molecule has 0 radical (unpaired) electrons. The van der Waals surface area contributed by atoms with Crippen molar-refractivity contribution in [2.75, 3.05) is 45.2 Å². The summed E-state index contributed by atoms with van der Waals surface area (Å²) in [4.78, 5) is 21.9. The van der Waals surface area contributed by atoms with Crippen molar-refractivity contribution in [2.45, 2.75) is 31.6 Å². The highest BCUT2D eigenvalue weighted by molar-refractivity contribution is 7.89. The summed E-state index contributed by atoms with van der Waals surface area (Å²) < 4.78 is 28.5. The van der Waals surface area contributed by atoms with Crippen molar-refractivity contribution in [2.24, 2.45) is 0 Å². The number of rotatable bonds is 11. The second-order valence-electron chi connectivity index (χ2n) is 8.27. The molecular weight excluding hydrogens is 527 g/mol. The van der Waals surface area contributed by atoms with Gasteiger partial charge >= 0.3 is 0 Å². The Labute approximate surface area is 223 Å². The lowest BCUT2D eigenvalue weighted by molar-refractivity contribution is 0.0985. The molecule has 0 atom stereocenters. The third kappa shape index (κ3) is 6.93. The van der Waals surface area contributed by atoms with Gasteiger partial charge in [-0.2, -0.15) is 4.31 Å². The maximum Gasteiger partial charge on any atom is 0.260 e. The minimum Gasteiger partial charge on any atom is -0.308 e. The van der Waals surface area contributed by atoms with Crippen LogP contribution in [0.1, 0.15) is 37.0 Å². The second-order valence-corrected chi connectivity index (χ2v) is 11.6. The first kappa shape index (κ1) is 29.5. The van der Waals surface area contributed by atoms with Gasteiger partial charge < -0.3 is 4.90 Å². The molecule has 0 spiro atoms. The lowest BCUT2D eigenvalue weighted by atomic mass is 10.2. The van der Waals surface area contributed by atoms with Gasteiger partial charge in [-0.05, 0) is 63.3 Å². The molecule has 0 N–H and O–H groups in total. The van der Waals surface area contributed by atoms with Gasteiger partial charge in [-0.15, -0.1) is 12.4 Å². The molecule has 0 unspecified atom stereocenters. The zero-order valence-electron chi connectivity index (χ0n) is 20.4. The predicted molar refractivity (Wildman–Crippen MR) is 148 cm³/mol. The molecule has 0 aliphatic heterocycles. The van der Waals surface area contributed by atoms with E-state index >= 15 is 0 Å². The maximum atomic E-state index is 13.5. The molecule has 7 nitrogen and oxygen atoms in total. The van der Waals surface area contributed by atoms with E-state index in [1.165, 1.54) is 27.8 Å². The van der Waals surface area contributed by atoms with Crippen molar-refractivity contribution in [1.82, 2.24) is 14.2 Å². The standard InChI is InChI=1S/C24H31ClN4O3S2.ClH/c1-5-14-28(15-6-2)34(31,32)19-12-10-18(11-13-19)23(30)29(17-16-27(3)4)24-26-22-20(25)8-7-9-21(22)33-24;/h7-13H,5-6,14-17H2,1-4H3;1H. The van der Waals surface area contributed by atoms with Crippen LogP contribution in [0.5, 0.6) is 0 Å². The molecule has 1 amide bonds. The highest BCUT2D eigenvalue weighted by atomic mass is 35.5. The zero-order chi connectivity index (χ0) is 24.9. The topological polar surface area (TPSA) is 73.8 Å². The number of anilines is 1. The van der Waals surface area contributed by atoms with Crippen molar-refractivity contribution >= 4 is 66.6 Å². The SMILES string of the molecule is CCCN(CCC)S(=O)(=O)c1ccc(C(=O)N(CCN(C)C)c2nc3c(Cl)cccc3s2)cc1.Cl. The lowest BCUT2D eigenvalue weighted by Crippen LogP contribution is -2.36. The Balaban J connectivity index is 0.00000432. The predicted octanol–water partition coefficient (Wildman–Crippen LogP) is 5.39. The molecule has 1 aromatic heterocycles. The number of fused-ring (bicyclic) bond motifs is 1. The number of nitrogens with zero attached hydrogens (tertiary/aromatic N) is 4. The Kier molecular flexibility index (Phi) is 10.9. The van der Waals surface area contributed by atoms with E-state index in [9.17, 15) is 13.2 Å². The summed E-state index contributed by atoms with van der Waals surface area (Å²) in [5.74, 6) is -0.236. The maximum absolute atomic E-state index is 13.5. The first-order valence-corrected chi connectivity index (χ1v) is 13.9. The molecule has 2 aromatic carbocycles. The van der Waals surface area contributed by atoms with Crippen molar-refractivity contribution in [3.63, 3.8) is 0 Å². The summed E-state index contributed by atoms with van der Waals surface area (Å²) in [7, 11) is 0.274.